The van der Waals surface area contributed by atoms with E-state index < -0.39 is 37.1 Å². The molecule has 1 unspecified atom stereocenters. The number of hydrogen-bond donors (Lipinski definition) is 0. The van der Waals surface area contributed by atoms with Gasteiger partial charge in [-0.15, -0.1) is 0 Å². The third kappa shape index (κ3) is 2.36. The molecule has 1 aliphatic heterocycles. The fraction of sp³-hybridized carbons (Fsp3) is 0.875. The van der Waals surface area contributed by atoms with Gasteiger partial charge in [-0.2, -0.15) is 13.2 Å². The lowest BCUT2D eigenvalue weighted by Crippen LogP contribution is -2.39. The topological polar surface area (TPSA) is 20.3 Å². The van der Waals surface area contributed by atoms with Crippen LogP contribution >= 0.6 is 0 Å². The first-order valence-corrected chi connectivity index (χ1v) is 4.15. The summed E-state index contributed by atoms with van der Waals surface area (Å²) in [5.74, 6) is -3.28. The molecule has 0 aromatic rings. The molecule has 82 valence electrons. The lowest BCUT2D eigenvalue weighted by Gasteiger charge is -2.21. The van der Waals surface area contributed by atoms with Crippen molar-refractivity contribution in [1.82, 2.24) is 4.90 Å². The summed E-state index contributed by atoms with van der Waals surface area (Å²) in [4.78, 5) is 12.0. The molecule has 0 radical (unpaired) electrons. The van der Waals surface area contributed by atoms with Crippen LogP contribution in [-0.4, -0.2) is 36.2 Å². The van der Waals surface area contributed by atoms with E-state index >= 15 is 0 Å². The van der Waals surface area contributed by atoms with Gasteiger partial charge in [0.15, 0.2) is 0 Å². The molecule has 1 saturated heterocycles. The highest BCUT2D eigenvalue weighted by molar-refractivity contribution is 5.79. The van der Waals surface area contributed by atoms with Crippen molar-refractivity contribution in [1.29, 1.82) is 0 Å². The molecule has 0 aliphatic carbocycles. The number of hydrogen-bond acceptors (Lipinski definition) is 1. The first-order chi connectivity index (χ1) is 6.73. The Hall–Kier alpha value is -0.810. The van der Waals surface area contributed by atoms with Crippen LogP contribution in [0.1, 0.15) is 14.7 Å². The average molecular weight is 214 g/mol. The van der Waals surface area contributed by atoms with Crippen LogP contribution in [0.5, 0.6) is 0 Å². The minimum Gasteiger partial charge on any atom is -0.339 e. The van der Waals surface area contributed by atoms with Gasteiger partial charge in [0.05, 0.1) is 6.54 Å². The highest BCUT2D eigenvalue weighted by Gasteiger charge is 2.44. The van der Waals surface area contributed by atoms with Gasteiger partial charge in [0.25, 0.3) is 0 Å². The molecule has 2 nitrogen and oxygen atoms in total. The maximum absolute atomic E-state index is 12.8. The normalized spacial score (nSPS) is 31.5. The number of alkyl halides is 4. The van der Waals surface area contributed by atoms with E-state index in [2.05, 4.69) is 0 Å². The Kier molecular flexibility index (Phi) is 2.60. The first kappa shape index (κ1) is 9.73. The van der Waals surface area contributed by atoms with Gasteiger partial charge in [-0.25, -0.2) is 4.39 Å². The monoisotopic (exact) mass is 214 g/mol. The van der Waals surface area contributed by atoms with E-state index in [4.69, 9.17) is 1.37 Å². The average Bonchev–Trinajstić information content (AvgIpc) is 2.43. The summed E-state index contributed by atoms with van der Waals surface area (Å²) in [6.45, 7) is 0.0701. The van der Waals surface area contributed by atoms with Gasteiger partial charge in [-0.3, -0.25) is 4.79 Å². The van der Waals surface area contributed by atoms with E-state index in [0.29, 0.717) is 0 Å². The van der Waals surface area contributed by atoms with E-state index in [-0.39, 0.29) is 6.54 Å². The lowest BCUT2D eigenvalue weighted by atomic mass is 10.1. The van der Waals surface area contributed by atoms with Gasteiger partial charge < -0.3 is 4.90 Å². The molecule has 1 aliphatic rings. The van der Waals surface area contributed by atoms with Crippen molar-refractivity contribution in [3.63, 3.8) is 0 Å². The van der Waals surface area contributed by atoms with Crippen molar-refractivity contribution in [2.24, 2.45) is 5.92 Å². The van der Waals surface area contributed by atoms with Crippen molar-refractivity contribution in [3.05, 3.63) is 0 Å². The van der Waals surface area contributed by atoms with E-state index in [1.807, 2.05) is 0 Å². The van der Waals surface area contributed by atoms with Crippen LogP contribution < -0.4 is 0 Å². The van der Waals surface area contributed by atoms with Crippen molar-refractivity contribution in [2.75, 3.05) is 13.1 Å². The van der Waals surface area contributed by atoms with Gasteiger partial charge >= 0.3 is 6.18 Å². The second kappa shape index (κ2) is 3.74. The number of carbonyl (C=O) groups excluding carboxylic acids is 1. The van der Waals surface area contributed by atoms with Crippen LogP contribution in [0.4, 0.5) is 17.6 Å². The molecule has 0 aromatic heterocycles. The molecular weight excluding hydrogens is 202 g/mol. The summed E-state index contributed by atoms with van der Waals surface area (Å²) in [5, 5.41) is 0. The number of likely N-dealkylation sites (tertiary alicyclic amines) is 1. The maximum atomic E-state index is 12.8. The summed E-state index contributed by atoms with van der Waals surface area (Å²) in [6, 6.07) is 0. The van der Waals surface area contributed by atoms with Gasteiger partial charge in [0, 0.05) is 7.92 Å². The zero-order valence-electron chi connectivity index (χ0n) is 8.51. The Morgan fingerprint density at radius 3 is 2.57 bits per heavy atom. The van der Waals surface area contributed by atoms with E-state index in [0.717, 1.165) is 11.8 Å². The largest absolute Gasteiger partial charge is 0.400 e. The summed E-state index contributed by atoms with van der Waals surface area (Å²) in [7, 11) is 0. The van der Waals surface area contributed by atoms with Crippen LogP contribution in [0.25, 0.3) is 0 Å². The Morgan fingerprint density at radius 2 is 2.21 bits per heavy atom. The highest BCUT2D eigenvalue weighted by Crippen LogP contribution is 2.28. The van der Waals surface area contributed by atoms with Crippen molar-refractivity contribution >= 4 is 5.91 Å². The summed E-state index contributed by atoms with van der Waals surface area (Å²) >= 11 is 0. The van der Waals surface area contributed by atoms with Crippen LogP contribution in [0, 0.1) is 5.92 Å². The Labute approximate surface area is 80.3 Å². The second-order valence-corrected chi connectivity index (χ2v) is 3.26. The van der Waals surface area contributed by atoms with Crippen molar-refractivity contribution in [2.45, 2.75) is 25.7 Å². The summed E-state index contributed by atoms with van der Waals surface area (Å²) < 4.78 is 56.4. The molecule has 1 fully saturated rings. The molecule has 14 heavy (non-hydrogen) atoms. The number of rotatable bonds is 1. The fourth-order valence-electron chi connectivity index (χ4n) is 1.20. The number of amides is 1. The van der Waals surface area contributed by atoms with E-state index in [1.165, 1.54) is 0 Å². The van der Waals surface area contributed by atoms with Crippen LogP contribution in [0.3, 0.4) is 0 Å². The third-order valence-corrected chi connectivity index (χ3v) is 2.15. The summed E-state index contributed by atoms with van der Waals surface area (Å²) in [5.41, 5.74) is 0. The summed E-state index contributed by atoms with van der Waals surface area (Å²) in [6.07, 6.45) is -7.29. The zero-order chi connectivity index (χ0) is 11.8. The zero-order valence-corrected chi connectivity index (χ0v) is 7.51. The third-order valence-electron chi connectivity index (χ3n) is 2.15. The second-order valence-electron chi connectivity index (χ2n) is 3.26. The van der Waals surface area contributed by atoms with E-state index in [9.17, 15) is 22.4 Å². The number of nitrogens with zero attached hydrogens (tertiary/aromatic N) is 1. The first-order valence-electron chi connectivity index (χ1n) is 4.73. The molecule has 1 heterocycles. The van der Waals surface area contributed by atoms with Crippen molar-refractivity contribution < 1.29 is 23.7 Å². The SMILES string of the molecule is [2H][C@@H]1CN(C(=O)C(C)C(F)(F)F)C[C@H]1F. The molecule has 0 N–H and O–H groups in total. The fourth-order valence-corrected chi connectivity index (χ4v) is 1.20. The standard InChI is InChI=1S/C8H11F4NO/c1-5(8(10,11)12)7(14)13-3-2-6(9)4-13/h5-6H,2-4H2,1H3/t5?,6-/m0/s1/i2D/t2-,5?,6+/m1. The Balaban J connectivity index is 2.63. The molecule has 0 saturated carbocycles. The number of carbonyl (C=O) groups is 1. The Bertz CT molecular complexity index is 248. The minimum atomic E-state index is -4.61. The predicted molar refractivity (Wildman–Crippen MR) is 41.3 cm³/mol. The molecule has 0 aromatic carbocycles. The maximum Gasteiger partial charge on any atom is 0.400 e. The molecule has 3 atom stereocenters. The molecule has 6 heteroatoms. The molecule has 0 bridgehead atoms. The minimum absolute atomic E-state index is 0.263. The molecular formula is C8H11F4NO. The Morgan fingerprint density at radius 1 is 1.64 bits per heavy atom. The van der Waals surface area contributed by atoms with E-state index in [1.54, 1.807) is 0 Å². The molecule has 1 rings (SSSR count). The number of halogens is 4. The van der Waals surface area contributed by atoms with Gasteiger partial charge in [0.2, 0.25) is 5.91 Å². The predicted octanol–water partition coefficient (Wildman–Crippen LogP) is 1.76. The lowest BCUT2D eigenvalue weighted by molar-refractivity contribution is -0.184. The molecule has 0 spiro atoms. The van der Waals surface area contributed by atoms with Crippen molar-refractivity contribution in [3.8, 4) is 0 Å². The van der Waals surface area contributed by atoms with Gasteiger partial charge in [-0.1, -0.05) is 0 Å². The smallest absolute Gasteiger partial charge is 0.339 e. The van der Waals surface area contributed by atoms with Crippen LogP contribution in [0.2, 0.25) is 0 Å². The van der Waals surface area contributed by atoms with Crippen LogP contribution in [0.15, 0.2) is 0 Å². The van der Waals surface area contributed by atoms with Gasteiger partial charge in [-0.05, 0) is 13.3 Å². The highest BCUT2D eigenvalue weighted by atomic mass is 19.4. The van der Waals surface area contributed by atoms with Crippen LogP contribution in [-0.2, 0) is 4.79 Å². The van der Waals surface area contributed by atoms with Gasteiger partial charge in [0.1, 0.15) is 12.1 Å². The molecule has 1 amide bonds. The quantitative estimate of drug-likeness (QED) is 0.609.